The summed E-state index contributed by atoms with van der Waals surface area (Å²) in [4.78, 5) is 28.1. The van der Waals surface area contributed by atoms with Crippen LogP contribution in [0.4, 0.5) is 5.82 Å². The number of aliphatic hydroxyl groups is 2. The molecule has 1 saturated heterocycles. The van der Waals surface area contributed by atoms with E-state index in [0.717, 1.165) is 4.57 Å². The number of rotatable bonds is 10. The number of nitrogens with two attached hydrogens (primary N) is 1. The lowest BCUT2D eigenvalue weighted by Gasteiger charge is -2.28. The number of para-hydroxylation sites is 1. The van der Waals surface area contributed by atoms with Crippen LogP contribution in [0.5, 0.6) is 5.75 Å². The molecule has 5 unspecified atom stereocenters. The maximum atomic E-state index is 13.7. The Kier molecular flexibility index (Phi) is 8.88. The number of nitrogens with one attached hydrogen (secondary N) is 1. The van der Waals surface area contributed by atoms with Crippen LogP contribution in [0.15, 0.2) is 47.4 Å². The molecule has 0 spiro atoms. The third-order valence-electron chi connectivity index (χ3n) is 5.19. The summed E-state index contributed by atoms with van der Waals surface area (Å²) in [5.41, 5.74) is 4.71. The molecule has 1 aliphatic heterocycles. The minimum atomic E-state index is -4.28. The number of hydrogen-bond acceptors (Lipinski definition) is 11. The Labute approximate surface area is 207 Å². The van der Waals surface area contributed by atoms with Gasteiger partial charge in [-0.1, -0.05) is 18.2 Å². The van der Waals surface area contributed by atoms with E-state index in [1.54, 1.807) is 44.2 Å². The first-order valence-corrected chi connectivity index (χ1v) is 12.8. The number of carbonyl (C=O) groups excluding carboxylic acids is 1. The normalized spacial score (nSPS) is 25.2. The Morgan fingerprint density at radius 3 is 2.44 bits per heavy atom. The summed E-state index contributed by atoms with van der Waals surface area (Å²) in [5.74, 6) is -0.510. The number of carbonyl (C=O) groups is 1. The van der Waals surface area contributed by atoms with Gasteiger partial charge in [-0.15, -0.1) is 0 Å². The highest BCUT2D eigenvalue weighted by Gasteiger charge is 2.49. The fourth-order valence-corrected chi connectivity index (χ4v) is 5.22. The molecule has 1 aromatic heterocycles. The lowest BCUT2D eigenvalue weighted by Crippen LogP contribution is -2.41. The Bertz CT molecular complexity index is 1150. The van der Waals surface area contributed by atoms with Gasteiger partial charge in [-0.25, -0.2) is 9.36 Å². The molecule has 198 valence electrons. The van der Waals surface area contributed by atoms with Crippen molar-refractivity contribution in [2.75, 3.05) is 5.73 Å². The van der Waals surface area contributed by atoms with Gasteiger partial charge in [-0.2, -0.15) is 10.1 Å². The van der Waals surface area contributed by atoms with E-state index in [1.807, 2.05) is 0 Å². The van der Waals surface area contributed by atoms with E-state index in [9.17, 15) is 24.4 Å². The first-order chi connectivity index (χ1) is 16.9. The molecule has 1 fully saturated rings. The van der Waals surface area contributed by atoms with Gasteiger partial charge in [-0.05, 0) is 45.9 Å². The van der Waals surface area contributed by atoms with Crippen molar-refractivity contribution in [2.45, 2.75) is 70.5 Å². The second-order valence-corrected chi connectivity index (χ2v) is 10.2. The smallest absolute Gasteiger partial charge is 0.459 e. The number of ether oxygens (including phenoxy) is 2. The van der Waals surface area contributed by atoms with Crippen molar-refractivity contribution < 1.29 is 38.1 Å². The van der Waals surface area contributed by atoms with Gasteiger partial charge in [0.15, 0.2) is 6.23 Å². The monoisotopic (exact) mass is 526 g/mol. The lowest BCUT2D eigenvalue weighted by atomic mass is 10.1. The van der Waals surface area contributed by atoms with Gasteiger partial charge in [-0.3, -0.25) is 13.9 Å². The number of aromatic nitrogens is 2. The van der Waals surface area contributed by atoms with E-state index in [1.165, 1.54) is 26.1 Å². The van der Waals surface area contributed by atoms with Crippen molar-refractivity contribution in [1.82, 2.24) is 14.6 Å². The zero-order valence-corrected chi connectivity index (χ0v) is 21.1. The van der Waals surface area contributed by atoms with Gasteiger partial charge in [0, 0.05) is 6.20 Å². The minimum absolute atomic E-state index is 0.0206. The Hall–Kier alpha value is -2.80. The van der Waals surface area contributed by atoms with Gasteiger partial charge >= 0.3 is 19.4 Å². The standard InChI is InChI=1S/C22H31N4O9P/c1-12(2)32-21(29)13(3)25-36(31,35-15-8-6-5-7-9-15)34-14(4)19-17(27)18(28)20(33-19)26-11-10-16(23)24-22(26)30/h5-14,17-20,27-28H,1-4H3,(H,25,31)(H2,23,24,30)/t13?,14?,17?,18?,19-,20-,36?/m1/s1. The molecule has 0 bridgehead atoms. The molecule has 0 radical (unpaired) electrons. The molecule has 0 aliphatic carbocycles. The SMILES string of the molecule is CC(C)OC(=O)C(C)NP(=O)(Oc1ccccc1)OC(C)[C@H]1O[C@@H](n2ccc(N)nc2=O)C(O)C1O. The Morgan fingerprint density at radius 2 is 1.83 bits per heavy atom. The average Bonchev–Trinajstić information content (AvgIpc) is 3.08. The second-order valence-electron chi connectivity index (χ2n) is 8.56. The van der Waals surface area contributed by atoms with Crippen LogP contribution in [0.2, 0.25) is 0 Å². The van der Waals surface area contributed by atoms with E-state index in [2.05, 4.69) is 10.1 Å². The van der Waals surface area contributed by atoms with E-state index in [4.69, 9.17) is 24.3 Å². The van der Waals surface area contributed by atoms with E-state index >= 15 is 0 Å². The van der Waals surface area contributed by atoms with Crippen molar-refractivity contribution in [1.29, 1.82) is 0 Å². The van der Waals surface area contributed by atoms with Crippen molar-refractivity contribution in [2.24, 2.45) is 0 Å². The zero-order valence-electron chi connectivity index (χ0n) is 20.3. The quantitative estimate of drug-likeness (QED) is 0.254. The molecular weight excluding hydrogens is 495 g/mol. The van der Waals surface area contributed by atoms with Gasteiger partial charge < -0.3 is 29.9 Å². The third kappa shape index (κ3) is 6.69. The highest BCUT2D eigenvalue weighted by molar-refractivity contribution is 7.52. The molecule has 0 saturated carbocycles. The first kappa shape index (κ1) is 27.8. The van der Waals surface area contributed by atoms with Gasteiger partial charge in [0.05, 0.1) is 12.2 Å². The molecule has 2 heterocycles. The zero-order chi connectivity index (χ0) is 26.6. The minimum Gasteiger partial charge on any atom is -0.462 e. The fourth-order valence-electron chi connectivity index (χ4n) is 3.52. The number of esters is 1. The van der Waals surface area contributed by atoms with E-state index < -0.39 is 62.2 Å². The molecule has 3 rings (SSSR count). The summed E-state index contributed by atoms with van der Waals surface area (Å²) in [6.45, 7) is 6.21. The maximum absolute atomic E-state index is 13.7. The highest BCUT2D eigenvalue weighted by atomic mass is 31.2. The van der Waals surface area contributed by atoms with Crippen LogP contribution in [0, 0.1) is 0 Å². The summed E-state index contributed by atoms with van der Waals surface area (Å²) in [7, 11) is -4.28. The van der Waals surface area contributed by atoms with E-state index in [-0.39, 0.29) is 11.6 Å². The van der Waals surface area contributed by atoms with Gasteiger partial charge in [0.1, 0.15) is 35.9 Å². The summed E-state index contributed by atoms with van der Waals surface area (Å²) in [5, 5.41) is 23.7. The number of anilines is 1. The van der Waals surface area contributed by atoms with Crippen LogP contribution < -0.4 is 21.0 Å². The predicted octanol–water partition coefficient (Wildman–Crippen LogP) is 0.967. The van der Waals surface area contributed by atoms with Crippen LogP contribution in [0.1, 0.15) is 33.9 Å². The molecule has 1 aromatic carbocycles. The summed E-state index contributed by atoms with van der Waals surface area (Å²) >= 11 is 0. The molecule has 0 amide bonds. The van der Waals surface area contributed by atoms with E-state index in [0.29, 0.717) is 0 Å². The fraction of sp³-hybridized carbons (Fsp3) is 0.500. The molecule has 5 N–H and O–H groups in total. The van der Waals surface area contributed by atoms with Crippen molar-refractivity contribution in [3.8, 4) is 5.75 Å². The van der Waals surface area contributed by atoms with Crippen LogP contribution in [0.3, 0.4) is 0 Å². The molecule has 2 aromatic rings. The molecule has 7 atom stereocenters. The lowest BCUT2D eigenvalue weighted by molar-refractivity contribution is -0.149. The maximum Gasteiger partial charge on any atom is 0.459 e. The van der Waals surface area contributed by atoms with Crippen molar-refractivity contribution in [3.05, 3.63) is 53.1 Å². The van der Waals surface area contributed by atoms with Crippen LogP contribution in [0.25, 0.3) is 0 Å². The summed E-state index contributed by atoms with van der Waals surface area (Å²) in [6.07, 6.45) is -5.88. The van der Waals surface area contributed by atoms with Gasteiger partial charge in [0.2, 0.25) is 0 Å². The third-order valence-corrected chi connectivity index (χ3v) is 6.96. The van der Waals surface area contributed by atoms with Crippen LogP contribution in [-0.2, 0) is 23.4 Å². The first-order valence-electron chi connectivity index (χ1n) is 11.3. The topological polar surface area (TPSA) is 184 Å². The van der Waals surface area contributed by atoms with Crippen molar-refractivity contribution >= 4 is 19.5 Å². The molecule has 36 heavy (non-hydrogen) atoms. The van der Waals surface area contributed by atoms with Crippen LogP contribution >= 0.6 is 7.75 Å². The predicted molar refractivity (Wildman–Crippen MR) is 128 cm³/mol. The molecule has 14 heteroatoms. The number of nitrogen functional groups attached to an aromatic ring is 1. The molecule has 1 aliphatic rings. The van der Waals surface area contributed by atoms with Gasteiger partial charge in [0.25, 0.3) is 0 Å². The number of benzene rings is 1. The molecule has 13 nitrogen and oxygen atoms in total. The van der Waals surface area contributed by atoms with Crippen molar-refractivity contribution in [3.63, 3.8) is 0 Å². The Balaban J connectivity index is 1.81. The molecular formula is C22H31N4O9P. The summed E-state index contributed by atoms with van der Waals surface area (Å²) < 4.78 is 36.9. The average molecular weight is 526 g/mol. The van der Waals surface area contributed by atoms with Crippen LogP contribution in [-0.4, -0.2) is 62.3 Å². The summed E-state index contributed by atoms with van der Waals surface area (Å²) in [6, 6.07) is 8.38. The number of nitrogens with zero attached hydrogens (tertiary/aromatic N) is 2. The second kappa shape index (κ2) is 11.5. The largest absolute Gasteiger partial charge is 0.462 e. The Morgan fingerprint density at radius 1 is 1.17 bits per heavy atom. The number of aliphatic hydroxyl groups excluding tert-OH is 2. The number of hydrogen-bond donors (Lipinski definition) is 4. The highest BCUT2D eigenvalue weighted by Crippen LogP contribution is 2.47.